The summed E-state index contributed by atoms with van der Waals surface area (Å²) in [5.74, 6) is 1.98. The topological polar surface area (TPSA) is 29.5 Å². The van der Waals surface area contributed by atoms with Crippen molar-refractivity contribution in [3.63, 3.8) is 0 Å². The molecule has 0 saturated heterocycles. The predicted octanol–water partition coefficient (Wildman–Crippen LogP) is 10.2. The van der Waals surface area contributed by atoms with E-state index in [-0.39, 0.29) is 11.7 Å². The molecule has 2 heteroatoms. The third-order valence-corrected chi connectivity index (χ3v) is 8.49. The zero-order valence-corrected chi connectivity index (χ0v) is 23.0. The molecule has 7 aromatic rings. The molecule has 42 heavy (non-hydrogen) atoms. The average Bonchev–Trinajstić information content (AvgIpc) is 3.04. The lowest BCUT2D eigenvalue weighted by atomic mass is 9.78. The summed E-state index contributed by atoms with van der Waals surface area (Å²) in [6.07, 6.45) is 0.895. The van der Waals surface area contributed by atoms with Gasteiger partial charge in [-0.15, -0.1) is 0 Å². The Morgan fingerprint density at radius 3 is 1.79 bits per heavy atom. The summed E-state index contributed by atoms with van der Waals surface area (Å²) in [6.45, 7) is 0. The maximum absolute atomic E-state index is 10.3. The van der Waals surface area contributed by atoms with Crippen molar-refractivity contribution in [2.75, 3.05) is 0 Å². The van der Waals surface area contributed by atoms with Gasteiger partial charge >= 0.3 is 0 Å². The van der Waals surface area contributed by atoms with Crippen molar-refractivity contribution >= 4 is 21.5 Å². The van der Waals surface area contributed by atoms with Gasteiger partial charge in [0, 0.05) is 17.0 Å². The molecule has 0 aromatic heterocycles. The summed E-state index contributed by atoms with van der Waals surface area (Å²) in [4.78, 5) is 0. The van der Waals surface area contributed by atoms with E-state index in [0.29, 0.717) is 0 Å². The van der Waals surface area contributed by atoms with E-state index < -0.39 is 0 Å². The van der Waals surface area contributed by atoms with E-state index >= 15 is 0 Å². The van der Waals surface area contributed by atoms with Crippen LogP contribution < -0.4 is 4.74 Å². The van der Waals surface area contributed by atoms with Crippen LogP contribution in [0.2, 0.25) is 0 Å². The van der Waals surface area contributed by atoms with Crippen molar-refractivity contribution in [3.8, 4) is 28.4 Å². The van der Waals surface area contributed by atoms with E-state index in [4.69, 9.17) is 4.74 Å². The Hall–Kier alpha value is -5.34. The van der Waals surface area contributed by atoms with Crippen LogP contribution in [0.1, 0.15) is 33.7 Å². The lowest BCUT2D eigenvalue weighted by molar-refractivity contribution is 0.456. The number of phenols is 1. The molecule has 7 aromatic carbocycles. The summed E-state index contributed by atoms with van der Waals surface area (Å²) < 4.78 is 6.63. The van der Waals surface area contributed by atoms with Crippen LogP contribution >= 0.6 is 0 Å². The molecule has 0 amide bonds. The molecule has 2 nitrogen and oxygen atoms in total. The average molecular weight is 541 g/mol. The number of ether oxygens (including phenoxy) is 1. The number of hydrogen-bond acceptors (Lipinski definition) is 2. The zero-order valence-electron chi connectivity index (χ0n) is 23.0. The highest BCUT2D eigenvalue weighted by Crippen LogP contribution is 2.52. The van der Waals surface area contributed by atoms with E-state index in [0.717, 1.165) is 34.3 Å². The van der Waals surface area contributed by atoms with Gasteiger partial charge in [-0.25, -0.2) is 0 Å². The molecule has 0 fully saturated rings. The molecule has 1 unspecified atom stereocenters. The molecule has 1 N–H and O–H groups in total. The van der Waals surface area contributed by atoms with Gasteiger partial charge in [0.05, 0.1) is 0 Å². The molecule has 0 saturated carbocycles. The minimum absolute atomic E-state index is 0.0366. The summed E-state index contributed by atoms with van der Waals surface area (Å²) >= 11 is 0. The highest BCUT2D eigenvalue weighted by molar-refractivity contribution is 5.95. The monoisotopic (exact) mass is 540 g/mol. The molecule has 1 aliphatic heterocycles. The van der Waals surface area contributed by atoms with Crippen molar-refractivity contribution in [2.24, 2.45) is 0 Å². The Morgan fingerprint density at radius 2 is 1.10 bits per heavy atom. The molecule has 0 radical (unpaired) electrons. The Balaban J connectivity index is 1.32. The van der Waals surface area contributed by atoms with E-state index in [1.54, 1.807) is 6.07 Å². The number of benzene rings is 7. The quantitative estimate of drug-likeness (QED) is 0.241. The van der Waals surface area contributed by atoms with Gasteiger partial charge < -0.3 is 9.84 Å². The van der Waals surface area contributed by atoms with Crippen LogP contribution in [-0.4, -0.2) is 5.11 Å². The van der Waals surface area contributed by atoms with Crippen LogP contribution in [0, 0.1) is 0 Å². The summed E-state index contributed by atoms with van der Waals surface area (Å²) in [6, 6.07) is 50.9. The van der Waals surface area contributed by atoms with Gasteiger partial charge in [-0.1, -0.05) is 121 Å². The van der Waals surface area contributed by atoms with E-state index in [9.17, 15) is 5.11 Å². The largest absolute Gasteiger partial charge is 0.508 e. The molecule has 1 atom stereocenters. The van der Waals surface area contributed by atoms with Crippen molar-refractivity contribution in [3.05, 3.63) is 173 Å². The Bertz CT molecular complexity index is 2080. The number of hydrogen-bond donors (Lipinski definition) is 1. The maximum Gasteiger partial charge on any atom is 0.132 e. The third-order valence-electron chi connectivity index (χ3n) is 8.49. The van der Waals surface area contributed by atoms with Gasteiger partial charge in [0.15, 0.2) is 0 Å². The number of phenolic OH excluding ortho intramolecular Hbond substituents is 1. The van der Waals surface area contributed by atoms with Crippen LogP contribution in [0.5, 0.6) is 17.2 Å². The molecule has 0 spiro atoms. The Morgan fingerprint density at radius 1 is 0.500 bits per heavy atom. The second-order valence-electron chi connectivity index (χ2n) is 11.1. The fraction of sp³-hybridized carbons (Fsp3) is 0.0500. The van der Waals surface area contributed by atoms with Gasteiger partial charge in [-0.2, -0.15) is 0 Å². The van der Waals surface area contributed by atoms with Crippen LogP contribution in [-0.2, 0) is 6.42 Å². The summed E-state index contributed by atoms with van der Waals surface area (Å²) in [7, 11) is 0. The normalized spacial score (nSPS) is 13.9. The minimum atomic E-state index is -0.0366. The van der Waals surface area contributed by atoms with Gasteiger partial charge in [0.2, 0.25) is 0 Å². The number of aromatic hydroxyl groups is 1. The molecule has 0 aliphatic carbocycles. The number of rotatable bonds is 4. The summed E-state index contributed by atoms with van der Waals surface area (Å²) in [5, 5.41) is 14.7. The van der Waals surface area contributed by atoms with Crippen molar-refractivity contribution in [2.45, 2.75) is 12.3 Å². The first kappa shape index (κ1) is 24.5. The van der Waals surface area contributed by atoms with E-state index in [1.165, 1.54) is 44.2 Å². The highest BCUT2D eigenvalue weighted by Gasteiger charge is 2.32. The fourth-order valence-electron chi connectivity index (χ4n) is 6.51. The Kier molecular flexibility index (Phi) is 5.79. The van der Waals surface area contributed by atoms with Gasteiger partial charge in [-0.05, 0) is 80.0 Å². The zero-order chi connectivity index (χ0) is 28.0. The molecule has 1 heterocycles. The fourth-order valence-corrected chi connectivity index (χ4v) is 6.51. The molecular weight excluding hydrogens is 512 g/mol. The second kappa shape index (κ2) is 9.94. The molecule has 8 rings (SSSR count). The minimum Gasteiger partial charge on any atom is -0.508 e. The van der Waals surface area contributed by atoms with E-state index in [2.05, 4.69) is 109 Å². The first-order valence-electron chi connectivity index (χ1n) is 14.4. The lowest BCUT2D eigenvalue weighted by Crippen LogP contribution is -2.13. The lowest BCUT2D eigenvalue weighted by Gasteiger charge is -2.31. The van der Waals surface area contributed by atoms with Crippen LogP contribution in [0.3, 0.4) is 0 Å². The van der Waals surface area contributed by atoms with Gasteiger partial charge in [-0.3, -0.25) is 0 Å². The predicted molar refractivity (Wildman–Crippen MR) is 172 cm³/mol. The first-order valence-corrected chi connectivity index (χ1v) is 14.4. The Labute approximate surface area is 245 Å². The highest BCUT2D eigenvalue weighted by atomic mass is 16.5. The van der Waals surface area contributed by atoms with Gasteiger partial charge in [0.1, 0.15) is 17.2 Å². The van der Waals surface area contributed by atoms with Crippen molar-refractivity contribution < 1.29 is 9.84 Å². The number of fused-ring (bicyclic) bond motifs is 6. The van der Waals surface area contributed by atoms with Crippen LogP contribution in [0.15, 0.2) is 146 Å². The van der Waals surface area contributed by atoms with Crippen molar-refractivity contribution in [1.29, 1.82) is 0 Å². The summed E-state index contributed by atoms with van der Waals surface area (Å²) in [5.41, 5.74) is 8.51. The smallest absolute Gasteiger partial charge is 0.132 e. The maximum atomic E-state index is 10.3. The second-order valence-corrected chi connectivity index (χ2v) is 11.1. The molecule has 0 bridgehead atoms. The van der Waals surface area contributed by atoms with Crippen molar-refractivity contribution in [1.82, 2.24) is 0 Å². The van der Waals surface area contributed by atoms with E-state index in [1.807, 2.05) is 30.3 Å². The SMILES string of the molecule is Oc1ccc2c3c(ccc2c1)Oc1ccc2cc(Cc4ccccc4)ccc2c1C3c1ccc(-c2ccccc2)cc1. The molecule has 200 valence electrons. The van der Waals surface area contributed by atoms with Crippen LogP contribution in [0.4, 0.5) is 0 Å². The van der Waals surface area contributed by atoms with Crippen LogP contribution in [0.25, 0.3) is 32.7 Å². The molecular formula is C40H28O2. The van der Waals surface area contributed by atoms with Gasteiger partial charge in [0.25, 0.3) is 0 Å². The first-order chi connectivity index (χ1) is 20.7. The molecule has 1 aliphatic rings. The standard InChI is InChI=1S/C40H28O2/c41-33-18-20-35-32(25-33)17-22-37-40(35)38(30-14-12-29(13-15-30)28-9-5-2-6-10-28)39-34-19-11-27(23-26-7-3-1-4-8-26)24-31(34)16-21-36(39)42-37/h1-22,24-25,38,41H,23H2. The third kappa shape index (κ3) is 4.20.